The smallest absolute Gasteiger partial charge is 0.191 e. The van der Waals surface area contributed by atoms with Crippen molar-refractivity contribution in [1.29, 1.82) is 0 Å². The highest BCUT2D eigenvalue weighted by molar-refractivity contribution is 14.0. The Balaban J connectivity index is 0.00000450. The van der Waals surface area contributed by atoms with Crippen LogP contribution in [0.25, 0.3) is 0 Å². The molecule has 0 aliphatic heterocycles. The predicted molar refractivity (Wildman–Crippen MR) is 135 cm³/mol. The summed E-state index contributed by atoms with van der Waals surface area (Å²) in [6.07, 6.45) is 2.01. The van der Waals surface area contributed by atoms with Crippen molar-refractivity contribution in [3.05, 3.63) is 65.2 Å². The van der Waals surface area contributed by atoms with Gasteiger partial charge in [-0.15, -0.1) is 24.0 Å². The zero-order valence-corrected chi connectivity index (χ0v) is 21.3. The van der Waals surface area contributed by atoms with Crippen molar-refractivity contribution >= 4 is 39.8 Å². The minimum absolute atomic E-state index is 0. The maximum Gasteiger partial charge on any atom is 0.191 e. The number of rotatable bonds is 9. The van der Waals surface area contributed by atoms with Gasteiger partial charge in [0.1, 0.15) is 0 Å². The van der Waals surface area contributed by atoms with Crippen molar-refractivity contribution in [2.75, 3.05) is 33.4 Å². The standard InChI is InChI=1S/C22H32N4O2S.HI/c1-5-23-22(25-16-19-6-8-20(9-7-19)17-26(2)3)24-15-14-18-10-12-21(13-11-18)29(4,27)28;/h6-13H,5,14-17H2,1-4H3,(H2,23,24,25);1H. The lowest BCUT2D eigenvalue weighted by Crippen LogP contribution is -2.38. The molecule has 2 aromatic rings. The quantitative estimate of drug-likeness (QED) is 0.289. The van der Waals surface area contributed by atoms with Crippen LogP contribution >= 0.6 is 24.0 Å². The van der Waals surface area contributed by atoms with Crippen molar-refractivity contribution in [3.63, 3.8) is 0 Å². The lowest BCUT2D eigenvalue weighted by molar-refractivity contribution is 0.402. The molecule has 2 rings (SSSR count). The molecule has 0 atom stereocenters. The molecular weight excluding hydrogens is 511 g/mol. The Hall–Kier alpha value is -1.65. The van der Waals surface area contributed by atoms with E-state index in [1.54, 1.807) is 12.1 Å². The molecule has 0 aromatic heterocycles. The molecule has 0 amide bonds. The van der Waals surface area contributed by atoms with Gasteiger partial charge in [-0.3, -0.25) is 0 Å². The minimum Gasteiger partial charge on any atom is -0.357 e. The second kappa shape index (κ2) is 12.9. The number of hydrogen-bond donors (Lipinski definition) is 2. The fourth-order valence-electron chi connectivity index (χ4n) is 2.86. The number of guanidine groups is 1. The first-order chi connectivity index (χ1) is 13.8. The lowest BCUT2D eigenvalue weighted by atomic mass is 10.1. The number of benzene rings is 2. The first-order valence-corrected chi connectivity index (χ1v) is 11.7. The molecule has 0 saturated heterocycles. The third-order valence-electron chi connectivity index (χ3n) is 4.34. The van der Waals surface area contributed by atoms with Crippen molar-refractivity contribution < 1.29 is 8.42 Å². The molecule has 0 bridgehead atoms. The van der Waals surface area contributed by atoms with Crippen molar-refractivity contribution in [2.45, 2.75) is 31.3 Å². The van der Waals surface area contributed by atoms with Gasteiger partial charge in [-0.25, -0.2) is 13.4 Å². The van der Waals surface area contributed by atoms with Crippen molar-refractivity contribution in [1.82, 2.24) is 15.5 Å². The Kier molecular flexibility index (Phi) is 11.4. The average Bonchev–Trinajstić information content (AvgIpc) is 2.66. The second-order valence-corrected chi connectivity index (χ2v) is 9.36. The Morgan fingerprint density at radius 1 is 0.933 bits per heavy atom. The third kappa shape index (κ3) is 9.44. The van der Waals surface area contributed by atoms with Gasteiger partial charge in [0, 0.05) is 25.9 Å². The van der Waals surface area contributed by atoms with Crippen LogP contribution in [0.3, 0.4) is 0 Å². The van der Waals surface area contributed by atoms with E-state index < -0.39 is 9.84 Å². The topological polar surface area (TPSA) is 73.8 Å². The maximum atomic E-state index is 11.5. The Bertz CT molecular complexity index is 896. The summed E-state index contributed by atoms with van der Waals surface area (Å²) in [6.45, 7) is 5.08. The largest absolute Gasteiger partial charge is 0.357 e. The summed E-state index contributed by atoms with van der Waals surface area (Å²) < 4.78 is 23.1. The van der Waals surface area contributed by atoms with Gasteiger partial charge in [-0.05, 0) is 56.3 Å². The Morgan fingerprint density at radius 2 is 1.50 bits per heavy atom. The van der Waals surface area contributed by atoms with Crippen molar-refractivity contribution in [2.24, 2.45) is 4.99 Å². The second-order valence-electron chi connectivity index (χ2n) is 7.34. The molecule has 0 unspecified atom stereocenters. The molecule has 30 heavy (non-hydrogen) atoms. The summed E-state index contributed by atoms with van der Waals surface area (Å²) in [7, 11) is 0.974. The zero-order valence-electron chi connectivity index (χ0n) is 18.2. The highest BCUT2D eigenvalue weighted by Crippen LogP contribution is 2.10. The number of aliphatic imine (C=N–C) groups is 1. The molecule has 0 saturated carbocycles. The number of nitrogens with zero attached hydrogens (tertiary/aromatic N) is 2. The Labute approximate surface area is 198 Å². The summed E-state index contributed by atoms with van der Waals surface area (Å²) in [4.78, 5) is 7.15. The number of halogens is 1. The zero-order chi connectivity index (χ0) is 21.3. The van der Waals surface area contributed by atoms with Crippen LogP contribution < -0.4 is 10.6 Å². The van der Waals surface area contributed by atoms with Gasteiger partial charge in [0.05, 0.1) is 11.4 Å². The summed E-state index contributed by atoms with van der Waals surface area (Å²) in [5.41, 5.74) is 3.54. The number of nitrogens with one attached hydrogen (secondary N) is 2. The van der Waals surface area contributed by atoms with Gasteiger partial charge in [0.25, 0.3) is 0 Å². The molecule has 2 aromatic carbocycles. The van der Waals surface area contributed by atoms with Crippen LogP contribution in [0.2, 0.25) is 0 Å². The maximum absolute atomic E-state index is 11.5. The van der Waals surface area contributed by atoms with E-state index in [2.05, 4.69) is 58.9 Å². The van der Waals surface area contributed by atoms with Gasteiger partial charge in [0.2, 0.25) is 0 Å². The van der Waals surface area contributed by atoms with Crippen LogP contribution in [-0.4, -0.2) is 52.7 Å². The molecule has 0 fully saturated rings. The molecule has 166 valence electrons. The first-order valence-electron chi connectivity index (χ1n) is 9.81. The monoisotopic (exact) mass is 544 g/mol. The average molecular weight is 545 g/mol. The predicted octanol–water partition coefficient (Wildman–Crippen LogP) is 3.07. The van der Waals surface area contributed by atoms with Crippen LogP contribution in [0, 0.1) is 0 Å². The molecule has 2 N–H and O–H groups in total. The highest BCUT2D eigenvalue weighted by atomic mass is 127. The van der Waals surface area contributed by atoms with Crippen LogP contribution in [0.15, 0.2) is 58.4 Å². The van der Waals surface area contributed by atoms with E-state index in [0.29, 0.717) is 18.0 Å². The molecule has 0 aliphatic carbocycles. The molecular formula is C22H33IN4O2S. The van der Waals surface area contributed by atoms with Crippen LogP contribution in [-0.2, 0) is 29.3 Å². The summed E-state index contributed by atoms with van der Waals surface area (Å²) >= 11 is 0. The van der Waals surface area contributed by atoms with E-state index >= 15 is 0 Å². The molecule has 8 heteroatoms. The summed E-state index contributed by atoms with van der Waals surface area (Å²) in [6, 6.07) is 15.6. The molecule has 0 radical (unpaired) electrons. The number of hydrogen-bond acceptors (Lipinski definition) is 4. The molecule has 0 spiro atoms. The summed E-state index contributed by atoms with van der Waals surface area (Å²) in [5, 5.41) is 6.59. The van der Waals surface area contributed by atoms with E-state index in [4.69, 9.17) is 0 Å². The van der Waals surface area contributed by atoms with Gasteiger partial charge in [-0.1, -0.05) is 36.4 Å². The highest BCUT2D eigenvalue weighted by Gasteiger charge is 2.06. The summed E-state index contributed by atoms with van der Waals surface area (Å²) in [5.74, 6) is 0.776. The van der Waals surface area contributed by atoms with E-state index in [0.717, 1.165) is 31.0 Å². The molecule has 0 aliphatic rings. The SMILES string of the molecule is CCNC(=NCc1ccc(CN(C)C)cc1)NCCc1ccc(S(C)(=O)=O)cc1.I. The van der Waals surface area contributed by atoms with Gasteiger partial charge < -0.3 is 15.5 Å². The van der Waals surface area contributed by atoms with Crippen LogP contribution in [0.1, 0.15) is 23.6 Å². The van der Waals surface area contributed by atoms with Gasteiger partial charge in [-0.2, -0.15) is 0 Å². The van der Waals surface area contributed by atoms with Crippen LogP contribution in [0.5, 0.6) is 0 Å². The van der Waals surface area contributed by atoms with E-state index in [1.807, 2.05) is 19.1 Å². The van der Waals surface area contributed by atoms with E-state index in [1.165, 1.54) is 17.4 Å². The molecule has 6 nitrogen and oxygen atoms in total. The first kappa shape index (κ1) is 26.4. The van der Waals surface area contributed by atoms with E-state index in [-0.39, 0.29) is 24.0 Å². The third-order valence-corrected chi connectivity index (χ3v) is 5.47. The van der Waals surface area contributed by atoms with Crippen LogP contribution in [0.4, 0.5) is 0 Å². The van der Waals surface area contributed by atoms with Crippen molar-refractivity contribution in [3.8, 4) is 0 Å². The normalized spacial score (nSPS) is 11.8. The van der Waals surface area contributed by atoms with E-state index in [9.17, 15) is 8.42 Å². The Morgan fingerprint density at radius 3 is 2.03 bits per heavy atom. The fourth-order valence-corrected chi connectivity index (χ4v) is 3.49. The van der Waals surface area contributed by atoms with Gasteiger partial charge in [0.15, 0.2) is 15.8 Å². The fraction of sp³-hybridized carbons (Fsp3) is 0.409. The molecule has 0 heterocycles. The minimum atomic E-state index is -3.15. The lowest BCUT2D eigenvalue weighted by Gasteiger charge is -2.12. The van der Waals surface area contributed by atoms with Gasteiger partial charge >= 0.3 is 0 Å². The number of sulfone groups is 1.